The number of dihydropyridines is 1. The molecule has 3 rings (SSSR count). The predicted octanol–water partition coefficient (Wildman–Crippen LogP) is 3.77. The van der Waals surface area contributed by atoms with Crippen molar-refractivity contribution in [3.05, 3.63) is 49.9 Å². The maximum absolute atomic E-state index is 13.0. The van der Waals surface area contributed by atoms with Gasteiger partial charge < -0.3 is 15.2 Å². The normalized spacial score (nSPS) is 22.0. The molecule has 1 aromatic carbocycles. The third kappa shape index (κ3) is 3.26. The zero-order valence-corrected chi connectivity index (χ0v) is 17.4. The number of phenols is 1. The van der Waals surface area contributed by atoms with E-state index in [2.05, 4.69) is 19.2 Å². The molecule has 0 saturated heterocycles. The van der Waals surface area contributed by atoms with Gasteiger partial charge in [0.25, 0.3) is 0 Å². The Hall–Kier alpha value is -1.83. The molecule has 1 unspecified atom stereocenters. The highest BCUT2D eigenvalue weighted by Crippen LogP contribution is 2.47. The fraction of sp³-hybridized carbons (Fsp3) is 0.400. The van der Waals surface area contributed by atoms with Crippen LogP contribution in [-0.2, 0) is 14.3 Å². The van der Waals surface area contributed by atoms with E-state index in [1.54, 1.807) is 12.1 Å². The number of halogens is 1. The topological polar surface area (TPSA) is 75.6 Å². The zero-order valence-electron chi connectivity index (χ0n) is 15.3. The minimum absolute atomic E-state index is 0.0470. The van der Waals surface area contributed by atoms with Crippen LogP contribution >= 0.6 is 22.6 Å². The SMILES string of the molecule is COC(=O)C1=C(C)NC2=C(C(=O)CC(C)(C)C2)C1c1ccc(O)c(I)c1. The molecule has 26 heavy (non-hydrogen) atoms. The first kappa shape index (κ1) is 18.9. The van der Waals surface area contributed by atoms with E-state index < -0.39 is 11.9 Å². The molecule has 6 heteroatoms. The minimum Gasteiger partial charge on any atom is -0.507 e. The second kappa shape index (κ2) is 6.72. The summed E-state index contributed by atoms with van der Waals surface area (Å²) >= 11 is 2.04. The highest BCUT2D eigenvalue weighted by molar-refractivity contribution is 14.1. The highest BCUT2D eigenvalue weighted by Gasteiger charge is 2.43. The fourth-order valence-electron chi connectivity index (χ4n) is 3.85. The Labute approximate surface area is 166 Å². The number of allylic oxidation sites excluding steroid dienone is 3. The lowest BCUT2D eigenvalue weighted by Gasteiger charge is -2.39. The lowest BCUT2D eigenvalue weighted by Crippen LogP contribution is -2.38. The first-order valence-electron chi connectivity index (χ1n) is 8.45. The van der Waals surface area contributed by atoms with Gasteiger partial charge in [-0.15, -0.1) is 0 Å². The molecule has 0 aromatic heterocycles. The van der Waals surface area contributed by atoms with Crippen LogP contribution in [0.2, 0.25) is 0 Å². The standard InChI is InChI=1S/C20H22INO4/c1-10-16(19(25)26-4)17(11-5-6-14(23)12(21)7-11)18-13(22-10)8-20(2,3)9-15(18)24/h5-7,17,22-23H,8-9H2,1-4H3. The molecule has 1 heterocycles. The van der Waals surface area contributed by atoms with E-state index in [0.717, 1.165) is 17.7 Å². The van der Waals surface area contributed by atoms with Gasteiger partial charge in [-0.3, -0.25) is 4.79 Å². The summed E-state index contributed by atoms with van der Waals surface area (Å²) in [4.78, 5) is 25.5. The number of phenolic OH excluding ortho intramolecular Hbond substituents is 1. The molecule has 2 N–H and O–H groups in total. The van der Waals surface area contributed by atoms with E-state index in [-0.39, 0.29) is 16.9 Å². The summed E-state index contributed by atoms with van der Waals surface area (Å²) in [5.74, 6) is -0.719. The average Bonchev–Trinajstić information content (AvgIpc) is 2.54. The van der Waals surface area contributed by atoms with Crippen molar-refractivity contribution in [3.8, 4) is 5.75 Å². The highest BCUT2D eigenvalue weighted by atomic mass is 127. The van der Waals surface area contributed by atoms with E-state index in [1.165, 1.54) is 7.11 Å². The van der Waals surface area contributed by atoms with Gasteiger partial charge >= 0.3 is 5.97 Å². The van der Waals surface area contributed by atoms with Gasteiger partial charge in [0.1, 0.15) is 5.75 Å². The molecular formula is C20H22INO4. The minimum atomic E-state index is -0.489. The van der Waals surface area contributed by atoms with Gasteiger partial charge in [0.05, 0.1) is 16.3 Å². The molecule has 0 fully saturated rings. The molecule has 1 aliphatic carbocycles. The van der Waals surface area contributed by atoms with Crippen LogP contribution in [0.15, 0.2) is 40.7 Å². The Morgan fingerprint density at radius 1 is 1.35 bits per heavy atom. The quantitative estimate of drug-likeness (QED) is 0.512. The Bertz CT molecular complexity index is 867. The van der Waals surface area contributed by atoms with Crippen LogP contribution in [0.25, 0.3) is 0 Å². The third-order valence-electron chi connectivity index (χ3n) is 4.95. The van der Waals surface area contributed by atoms with E-state index in [4.69, 9.17) is 4.74 Å². The van der Waals surface area contributed by atoms with E-state index in [1.807, 2.05) is 35.6 Å². The molecule has 0 bridgehead atoms. The van der Waals surface area contributed by atoms with E-state index in [9.17, 15) is 14.7 Å². The molecule has 0 saturated carbocycles. The van der Waals surface area contributed by atoms with E-state index in [0.29, 0.717) is 26.8 Å². The summed E-state index contributed by atoms with van der Waals surface area (Å²) in [6, 6.07) is 5.18. The van der Waals surface area contributed by atoms with Gasteiger partial charge in [-0.1, -0.05) is 19.9 Å². The number of benzene rings is 1. The summed E-state index contributed by atoms with van der Waals surface area (Å²) in [7, 11) is 1.34. The fourth-order valence-corrected chi connectivity index (χ4v) is 4.39. The van der Waals surface area contributed by atoms with Crippen LogP contribution in [0.5, 0.6) is 5.75 Å². The monoisotopic (exact) mass is 467 g/mol. The molecule has 1 aliphatic heterocycles. The molecule has 138 valence electrons. The number of carbonyl (C=O) groups is 2. The van der Waals surface area contributed by atoms with Crippen molar-refractivity contribution in [2.24, 2.45) is 5.41 Å². The molecule has 0 amide bonds. The summed E-state index contributed by atoms with van der Waals surface area (Å²) < 4.78 is 5.67. The van der Waals surface area contributed by atoms with Gasteiger partial charge in [-0.2, -0.15) is 0 Å². The maximum Gasteiger partial charge on any atom is 0.336 e. The molecule has 2 aliphatic rings. The first-order valence-corrected chi connectivity index (χ1v) is 9.53. The van der Waals surface area contributed by atoms with Crippen molar-refractivity contribution >= 4 is 34.3 Å². The molecular weight excluding hydrogens is 445 g/mol. The van der Waals surface area contributed by atoms with Crippen LogP contribution in [0.3, 0.4) is 0 Å². The van der Waals surface area contributed by atoms with Crippen molar-refractivity contribution in [2.45, 2.75) is 39.5 Å². The number of rotatable bonds is 2. The van der Waals surface area contributed by atoms with Crippen molar-refractivity contribution in [1.82, 2.24) is 5.32 Å². The largest absolute Gasteiger partial charge is 0.507 e. The Kier molecular flexibility index (Phi) is 4.90. The second-order valence-corrected chi connectivity index (χ2v) is 8.79. The number of nitrogens with one attached hydrogen (secondary N) is 1. The number of ether oxygens (including phenoxy) is 1. The molecule has 5 nitrogen and oxygen atoms in total. The zero-order chi connectivity index (χ0) is 19.2. The lowest BCUT2D eigenvalue weighted by atomic mass is 9.68. The molecule has 1 aromatic rings. The van der Waals surface area contributed by atoms with Crippen molar-refractivity contribution < 1.29 is 19.4 Å². The van der Waals surface area contributed by atoms with Crippen LogP contribution in [-0.4, -0.2) is 24.0 Å². The summed E-state index contributed by atoms with van der Waals surface area (Å²) in [5, 5.41) is 13.1. The smallest absolute Gasteiger partial charge is 0.336 e. The molecule has 0 spiro atoms. The van der Waals surface area contributed by atoms with Crippen molar-refractivity contribution in [2.75, 3.05) is 7.11 Å². The Morgan fingerprint density at radius 2 is 2.04 bits per heavy atom. The van der Waals surface area contributed by atoms with Gasteiger partial charge in [-0.25, -0.2) is 4.79 Å². The van der Waals surface area contributed by atoms with Crippen LogP contribution in [0, 0.1) is 8.99 Å². The maximum atomic E-state index is 13.0. The number of methoxy groups -OCH3 is 1. The van der Waals surface area contributed by atoms with Gasteiger partial charge in [-0.05, 0) is 59.0 Å². The van der Waals surface area contributed by atoms with Crippen molar-refractivity contribution in [3.63, 3.8) is 0 Å². The second-order valence-electron chi connectivity index (χ2n) is 7.63. The molecule has 0 radical (unpaired) electrons. The third-order valence-corrected chi connectivity index (χ3v) is 5.81. The van der Waals surface area contributed by atoms with Crippen LogP contribution in [0.1, 0.15) is 45.1 Å². The number of hydrogen-bond donors (Lipinski definition) is 2. The number of esters is 1. The number of hydrogen-bond acceptors (Lipinski definition) is 5. The van der Waals surface area contributed by atoms with Gasteiger partial charge in [0, 0.05) is 29.3 Å². The van der Waals surface area contributed by atoms with Gasteiger partial charge in [0.2, 0.25) is 0 Å². The van der Waals surface area contributed by atoms with E-state index >= 15 is 0 Å². The first-order chi connectivity index (χ1) is 12.1. The number of Topliss-reactive ketones (excluding diaryl/α,β-unsaturated/α-hetero) is 1. The summed E-state index contributed by atoms with van der Waals surface area (Å²) in [6.45, 7) is 5.98. The number of aromatic hydroxyl groups is 1. The van der Waals surface area contributed by atoms with Crippen LogP contribution in [0.4, 0.5) is 0 Å². The lowest BCUT2D eigenvalue weighted by molar-refractivity contribution is -0.136. The van der Waals surface area contributed by atoms with Crippen molar-refractivity contribution in [1.29, 1.82) is 0 Å². The molecule has 1 atom stereocenters. The Balaban J connectivity index is 2.22. The Morgan fingerprint density at radius 3 is 2.65 bits per heavy atom. The van der Waals surface area contributed by atoms with Gasteiger partial charge in [0.15, 0.2) is 5.78 Å². The van der Waals surface area contributed by atoms with Crippen LogP contribution < -0.4 is 5.32 Å². The predicted molar refractivity (Wildman–Crippen MR) is 106 cm³/mol. The summed E-state index contributed by atoms with van der Waals surface area (Å²) in [5.41, 5.74) is 3.34. The number of carbonyl (C=O) groups excluding carboxylic acids is 2. The summed E-state index contributed by atoms with van der Waals surface area (Å²) in [6.07, 6.45) is 1.18. The average molecular weight is 467 g/mol. The number of ketones is 1.